The van der Waals surface area contributed by atoms with Gasteiger partial charge in [0.2, 0.25) is 0 Å². The van der Waals surface area contributed by atoms with Crippen LogP contribution in [-0.4, -0.2) is 5.11 Å². The number of aromatic hydroxyl groups is 1. The molecule has 0 saturated heterocycles. The number of benzene rings is 2. The van der Waals surface area contributed by atoms with Gasteiger partial charge in [-0.05, 0) is 29.8 Å². The minimum atomic E-state index is 0.129. The smallest absolute Gasteiger partial charge is 0.125 e. The molecule has 2 rings (SSSR count). The lowest BCUT2D eigenvalue weighted by atomic mass is 10.0. The summed E-state index contributed by atoms with van der Waals surface area (Å²) in [6.45, 7) is 0. The van der Waals surface area contributed by atoms with Crippen molar-refractivity contribution in [1.82, 2.24) is 0 Å². The number of hydrogen-bond donors (Lipinski definition) is 4. The lowest BCUT2D eigenvalue weighted by molar-refractivity contribution is 0.477. The van der Waals surface area contributed by atoms with Crippen molar-refractivity contribution in [3.63, 3.8) is 0 Å². The topological polar surface area (TPSA) is 98.3 Å². The summed E-state index contributed by atoms with van der Waals surface area (Å²) in [5.41, 5.74) is 19.9. The van der Waals surface area contributed by atoms with Crippen LogP contribution in [0.15, 0.2) is 36.4 Å². The molecule has 0 amide bonds. The van der Waals surface area contributed by atoms with Crippen molar-refractivity contribution in [2.45, 2.75) is 0 Å². The molecular weight excluding hydrogens is 202 g/mol. The van der Waals surface area contributed by atoms with Crippen LogP contribution >= 0.6 is 0 Å². The average Bonchev–Trinajstić information content (AvgIpc) is 2.22. The highest BCUT2D eigenvalue weighted by Gasteiger charge is 2.05. The van der Waals surface area contributed by atoms with Crippen LogP contribution in [0.2, 0.25) is 0 Å². The van der Waals surface area contributed by atoms with Crippen LogP contribution in [0.5, 0.6) is 5.75 Å². The van der Waals surface area contributed by atoms with Gasteiger partial charge in [0.1, 0.15) is 5.75 Å². The van der Waals surface area contributed by atoms with Crippen LogP contribution in [-0.2, 0) is 0 Å². The van der Waals surface area contributed by atoms with Crippen LogP contribution in [0.1, 0.15) is 0 Å². The maximum atomic E-state index is 9.75. The average molecular weight is 215 g/mol. The van der Waals surface area contributed by atoms with Crippen molar-refractivity contribution >= 4 is 17.1 Å². The van der Waals surface area contributed by atoms with Gasteiger partial charge in [0.25, 0.3) is 0 Å². The highest BCUT2D eigenvalue weighted by Crippen LogP contribution is 2.32. The van der Waals surface area contributed by atoms with Crippen LogP contribution in [0.4, 0.5) is 17.1 Å². The summed E-state index contributed by atoms with van der Waals surface area (Å²) in [6.07, 6.45) is 0. The van der Waals surface area contributed by atoms with Gasteiger partial charge in [0.05, 0.1) is 11.4 Å². The third-order valence-corrected chi connectivity index (χ3v) is 2.42. The lowest BCUT2D eigenvalue weighted by Crippen LogP contribution is -1.94. The summed E-state index contributed by atoms with van der Waals surface area (Å²) >= 11 is 0. The first-order valence-electron chi connectivity index (χ1n) is 4.82. The van der Waals surface area contributed by atoms with Crippen molar-refractivity contribution in [3.8, 4) is 16.9 Å². The fourth-order valence-corrected chi connectivity index (χ4v) is 1.54. The Hall–Kier alpha value is -2.36. The normalized spacial score (nSPS) is 10.2. The predicted octanol–water partition coefficient (Wildman–Crippen LogP) is 1.81. The Kier molecular flexibility index (Phi) is 2.32. The molecule has 0 radical (unpaired) electrons. The molecule has 82 valence electrons. The number of hydrogen-bond acceptors (Lipinski definition) is 4. The van der Waals surface area contributed by atoms with Gasteiger partial charge in [-0.1, -0.05) is 6.07 Å². The molecule has 0 saturated carbocycles. The van der Waals surface area contributed by atoms with E-state index in [1.165, 1.54) is 6.07 Å². The number of nitrogen functional groups attached to an aromatic ring is 3. The second-order valence-electron chi connectivity index (χ2n) is 3.62. The van der Waals surface area contributed by atoms with Crippen molar-refractivity contribution in [2.75, 3.05) is 17.2 Å². The van der Waals surface area contributed by atoms with Gasteiger partial charge in [-0.3, -0.25) is 0 Å². The standard InChI is InChI=1S/C12H13N3O/c13-8-2-3-9(12(16)6-8)7-1-4-10(14)11(15)5-7/h1-6,16H,13-15H2. The molecule has 4 heteroatoms. The monoisotopic (exact) mass is 215 g/mol. The van der Waals surface area contributed by atoms with Crippen LogP contribution in [0, 0.1) is 0 Å². The van der Waals surface area contributed by atoms with Gasteiger partial charge in [0.15, 0.2) is 0 Å². The van der Waals surface area contributed by atoms with Gasteiger partial charge in [0, 0.05) is 17.3 Å². The molecule has 16 heavy (non-hydrogen) atoms. The van der Waals surface area contributed by atoms with E-state index in [2.05, 4.69) is 0 Å². The molecule has 0 aliphatic carbocycles. The third-order valence-electron chi connectivity index (χ3n) is 2.42. The van der Waals surface area contributed by atoms with E-state index in [1.807, 2.05) is 0 Å². The summed E-state index contributed by atoms with van der Waals surface area (Å²) in [5.74, 6) is 0.129. The van der Waals surface area contributed by atoms with E-state index in [0.29, 0.717) is 22.6 Å². The Morgan fingerprint density at radius 3 is 2.19 bits per heavy atom. The van der Waals surface area contributed by atoms with E-state index in [4.69, 9.17) is 17.2 Å². The molecule has 2 aromatic carbocycles. The minimum Gasteiger partial charge on any atom is -0.507 e. The summed E-state index contributed by atoms with van der Waals surface area (Å²) in [5, 5.41) is 9.75. The SMILES string of the molecule is Nc1ccc(-c2ccc(N)c(N)c2)c(O)c1. The summed E-state index contributed by atoms with van der Waals surface area (Å²) in [6, 6.07) is 10.2. The van der Waals surface area contributed by atoms with Gasteiger partial charge < -0.3 is 22.3 Å². The number of nitrogens with two attached hydrogens (primary N) is 3. The Bertz CT molecular complexity index is 538. The highest BCUT2D eigenvalue weighted by atomic mass is 16.3. The van der Waals surface area contributed by atoms with Gasteiger partial charge in [-0.15, -0.1) is 0 Å². The molecule has 0 fully saturated rings. The van der Waals surface area contributed by atoms with Crippen LogP contribution in [0.3, 0.4) is 0 Å². The number of anilines is 3. The first kappa shape index (κ1) is 10.2. The largest absolute Gasteiger partial charge is 0.507 e. The summed E-state index contributed by atoms with van der Waals surface area (Å²) in [4.78, 5) is 0. The molecule has 0 aromatic heterocycles. The Balaban J connectivity index is 2.54. The quantitative estimate of drug-likeness (QED) is 0.545. The Morgan fingerprint density at radius 2 is 1.56 bits per heavy atom. The van der Waals surface area contributed by atoms with Gasteiger partial charge in [-0.2, -0.15) is 0 Å². The van der Waals surface area contributed by atoms with Crippen LogP contribution < -0.4 is 17.2 Å². The fraction of sp³-hybridized carbons (Fsp3) is 0. The van der Waals surface area contributed by atoms with Crippen LogP contribution in [0.25, 0.3) is 11.1 Å². The molecule has 7 N–H and O–H groups in total. The fourth-order valence-electron chi connectivity index (χ4n) is 1.54. The Morgan fingerprint density at radius 1 is 0.812 bits per heavy atom. The molecule has 0 heterocycles. The number of phenolic OH excluding ortho intramolecular Hbond substituents is 1. The summed E-state index contributed by atoms with van der Waals surface area (Å²) < 4.78 is 0. The van der Waals surface area contributed by atoms with Crippen molar-refractivity contribution in [1.29, 1.82) is 0 Å². The molecule has 0 spiro atoms. The van der Waals surface area contributed by atoms with Gasteiger partial charge >= 0.3 is 0 Å². The second-order valence-corrected chi connectivity index (χ2v) is 3.62. The van der Waals surface area contributed by atoms with Crippen molar-refractivity contribution in [2.24, 2.45) is 0 Å². The first-order valence-corrected chi connectivity index (χ1v) is 4.82. The molecule has 0 atom stereocenters. The maximum Gasteiger partial charge on any atom is 0.125 e. The molecule has 0 aliphatic heterocycles. The number of phenols is 1. The van der Waals surface area contributed by atoms with Gasteiger partial charge in [-0.25, -0.2) is 0 Å². The highest BCUT2D eigenvalue weighted by molar-refractivity contribution is 5.78. The van der Waals surface area contributed by atoms with Crippen molar-refractivity contribution in [3.05, 3.63) is 36.4 Å². The second kappa shape index (κ2) is 3.66. The zero-order valence-electron chi connectivity index (χ0n) is 8.64. The molecule has 2 aromatic rings. The number of rotatable bonds is 1. The summed E-state index contributed by atoms with van der Waals surface area (Å²) in [7, 11) is 0. The van der Waals surface area contributed by atoms with E-state index < -0.39 is 0 Å². The lowest BCUT2D eigenvalue weighted by Gasteiger charge is -2.07. The van der Waals surface area contributed by atoms with E-state index in [1.54, 1.807) is 30.3 Å². The van der Waals surface area contributed by atoms with E-state index in [-0.39, 0.29) is 5.75 Å². The molecule has 0 bridgehead atoms. The third kappa shape index (κ3) is 1.72. The molecule has 0 unspecified atom stereocenters. The molecule has 4 nitrogen and oxygen atoms in total. The first-order chi connectivity index (χ1) is 7.58. The zero-order chi connectivity index (χ0) is 11.7. The zero-order valence-corrected chi connectivity index (χ0v) is 8.64. The van der Waals surface area contributed by atoms with E-state index in [0.717, 1.165) is 5.56 Å². The maximum absolute atomic E-state index is 9.75. The van der Waals surface area contributed by atoms with E-state index >= 15 is 0 Å². The predicted molar refractivity (Wildman–Crippen MR) is 66.8 cm³/mol. The Labute approximate surface area is 93.3 Å². The van der Waals surface area contributed by atoms with E-state index in [9.17, 15) is 5.11 Å². The van der Waals surface area contributed by atoms with Crippen molar-refractivity contribution < 1.29 is 5.11 Å². The molecule has 0 aliphatic rings. The molecular formula is C12H13N3O. The minimum absolute atomic E-state index is 0.129.